The lowest BCUT2D eigenvalue weighted by Gasteiger charge is -2.35. The molecule has 23 heavy (non-hydrogen) atoms. The zero-order valence-corrected chi connectivity index (χ0v) is 13.5. The normalized spacial score (nSPS) is 27.7. The van der Waals surface area contributed by atoms with E-state index < -0.39 is 0 Å². The number of rotatable bonds is 0. The average Bonchev–Trinajstić information content (AvgIpc) is 2.72. The molecule has 1 aliphatic carbocycles. The van der Waals surface area contributed by atoms with Gasteiger partial charge in [-0.3, -0.25) is 4.99 Å². The van der Waals surface area contributed by atoms with Crippen LogP contribution in [0.25, 0.3) is 0 Å². The lowest BCUT2D eigenvalue weighted by Crippen LogP contribution is -2.47. The molecule has 0 spiro atoms. The Morgan fingerprint density at radius 3 is 2.74 bits per heavy atom. The number of nitrogens with zero attached hydrogens (tertiary/aromatic N) is 3. The van der Waals surface area contributed by atoms with Gasteiger partial charge in [0.1, 0.15) is 11.7 Å². The van der Waals surface area contributed by atoms with Gasteiger partial charge in [0, 0.05) is 37.7 Å². The number of allylic oxidation sites excluding steroid dienone is 2. The molecule has 0 amide bonds. The van der Waals surface area contributed by atoms with Crippen molar-refractivity contribution in [3.8, 4) is 0 Å². The fourth-order valence-electron chi connectivity index (χ4n) is 3.64. The Balaban J connectivity index is 1.75. The van der Waals surface area contributed by atoms with Crippen LogP contribution < -0.4 is 0 Å². The molecule has 4 heteroatoms. The van der Waals surface area contributed by atoms with Crippen molar-refractivity contribution in [3.63, 3.8) is 0 Å². The van der Waals surface area contributed by atoms with Crippen molar-refractivity contribution in [1.82, 2.24) is 9.80 Å². The number of hydrogen-bond donors (Lipinski definition) is 0. The molecule has 0 bridgehead atoms. The second-order valence-corrected chi connectivity index (χ2v) is 6.67. The number of amidine groups is 1. The highest BCUT2D eigenvalue weighted by molar-refractivity contribution is 6.00. The molecular weight excluding hydrogens is 289 g/mol. The fraction of sp³-hybridized carbons (Fsp3) is 0.421. The largest absolute Gasteiger partial charge is 0.354 e. The second-order valence-electron chi connectivity index (χ2n) is 6.67. The first-order valence-corrected chi connectivity index (χ1v) is 8.36. The maximum atomic E-state index is 13.7. The number of benzene rings is 1. The lowest BCUT2D eigenvalue weighted by atomic mass is 9.89. The molecule has 4 rings (SSSR count). The van der Waals surface area contributed by atoms with Gasteiger partial charge in [-0.1, -0.05) is 30.3 Å². The van der Waals surface area contributed by atoms with E-state index >= 15 is 0 Å². The van der Waals surface area contributed by atoms with Gasteiger partial charge in [0.2, 0.25) is 0 Å². The molecule has 2 aliphatic heterocycles. The summed E-state index contributed by atoms with van der Waals surface area (Å²) in [5, 5.41) is 0. The van der Waals surface area contributed by atoms with Gasteiger partial charge in [-0.2, -0.15) is 0 Å². The lowest BCUT2D eigenvalue weighted by molar-refractivity contribution is 0.215. The van der Waals surface area contributed by atoms with Gasteiger partial charge in [-0.05, 0) is 31.2 Å². The summed E-state index contributed by atoms with van der Waals surface area (Å²) in [5.41, 5.74) is 2.53. The van der Waals surface area contributed by atoms with Crippen molar-refractivity contribution >= 4 is 5.84 Å². The van der Waals surface area contributed by atoms with Crippen LogP contribution in [0.1, 0.15) is 11.1 Å². The van der Waals surface area contributed by atoms with Crippen LogP contribution in [-0.4, -0.2) is 54.9 Å². The monoisotopic (exact) mass is 311 g/mol. The first-order valence-electron chi connectivity index (χ1n) is 8.36. The summed E-state index contributed by atoms with van der Waals surface area (Å²) in [6, 6.07) is 8.41. The molecule has 0 radical (unpaired) electrons. The number of fused-ring (bicyclic) bond motifs is 2. The third-order valence-electron chi connectivity index (χ3n) is 5.06. The number of piperazine rings is 1. The molecule has 1 aromatic rings. The van der Waals surface area contributed by atoms with Crippen molar-refractivity contribution < 1.29 is 4.39 Å². The Hall–Kier alpha value is -1.94. The van der Waals surface area contributed by atoms with E-state index in [0.29, 0.717) is 0 Å². The minimum absolute atomic E-state index is 0.0953. The highest BCUT2D eigenvalue weighted by Crippen LogP contribution is 2.30. The smallest absolute Gasteiger partial charge is 0.131 e. The van der Waals surface area contributed by atoms with Gasteiger partial charge in [-0.25, -0.2) is 4.39 Å². The molecular formula is C19H22FN3. The van der Waals surface area contributed by atoms with Crippen molar-refractivity contribution in [3.05, 3.63) is 59.4 Å². The molecule has 1 aromatic carbocycles. The SMILES string of the molecule is CN1CCN(C2=NC3C=C(F)C=CC3Cc3ccccc32)CC1. The van der Waals surface area contributed by atoms with Crippen molar-refractivity contribution in [2.75, 3.05) is 33.2 Å². The fourth-order valence-corrected chi connectivity index (χ4v) is 3.64. The number of halogens is 1. The van der Waals surface area contributed by atoms with Crippen LogP contribution in [0.2, 0.25) is 0 Å². The minimum atomic E-state index is -0.168. The molecule has 1 saturated heterocycles. The highest BCUT2D eigenvalue weighted by atomic mass is 19.1. The van der Waals surface area contributed by atoms with Crippen molar-refractivity contribution in [1.29, 1.82) is 0 Å². The Morgan fingerprint density at radius 2 is 1.91 bits per heavy atom. The van der Waals surface area contributed by atoms with E-state index in [1.54, 1.807) is 12.2 Å². The van der Waals surface area contributed by atoms with Crippen LogP contribution in [0, 0.1) is 5.92 Å². The minimum Gasteiger partial charge on any atom is -0.354 e. The maximum absolute atomic E-state index is 13.7. The number of likely N-dealkylation sites (N-methyl/N-ethyl adjacent to an activating group) is 1. The van der Waals surface area contributed by atoms with E-state index in [4.69, 9.17) is 4.99 Å². The van der Waals surface area contributed by atoms with Crippen molar-refractivity contribution in [2.24, 2.45) is 10.9 Å². The van der Waals surface area contributed by atoms with E-state index in [0.717, 1.165) is 38.4 Å². The zero-order chi connectivity index (χ0) is 15.8. The molecule has 0 N–H and O–H groups in total. The van der Waals surface area contributed by atoms with E-state index in [2.05, 4.69) is 41.1 Å². The molecule has 3 aliphatic rings. The summed E-state index contributed by atoms with van der Waals surface area (Å²) in [6.07, 6.45) is 6.15. The summed E-state index contributed by atoms with van der Waals surface area (Å²) in [7, 11) is 2.15. The van der Waals surface area contributed by atoms with E-state index in [1.807, 2.05) is 6.08 Å². The standard InChI is InChI=1S/C19H22FN3/c1-22-8-10-23(11-9-22)19-17-5-3-2-4-14(17)12-15-6-7-16(20)13-18(15)21-19/h2-7,13,15,18H,8-12H2,1H3. The van der Waals surface area contributed by atoms with Gasteiger partial charge in [-0.15, -0.1) is 0 Å². The molecule has 120 valence electrons. The highest BCUT2D eigenvalue weighted by Gasteiger charge is 2.29. The van der Waals surface area contributed by atoms with Gasteiger partial charge < -0.3 is 9.80 Å². The third-order valence-corrected chi connectivity index (χ3v) is 5.06. The molecule has 1 fully saturated rings. The molecule has 2 atom stereocenters. The first-order chi connectivity index (χ1) is 11.2. The molecule has 0 aromatic heterocycles. The molecule has 2 unspecified atom stereocenters. The molecule has 0 saturated carbocycles. The topological polar surface area (TPSA) is 18.8 Å². The third kappa shape index (κ3) is 2.83. The van der Waals surface area contributed by atoms with Crippen LogP contribution in [-0.2, 0) is 6.42 Å². The second kappa shape index (κ2) is 5.93. The number of aliphatic imine (C=N–C) groups is 1. The quantitative estimate of drug-likeness (QED) is 0.733. The van der Waals surface area contributed by atoms with Crippen LogP contribution in [0.5, 0.6) is 0 Å². The maximum Gasteiger partial charge on any atom is 0.131 e. The predicted molar refractivity (Wildman–Crippen MR) is 91.4 cm³/mol. The average molecular weight is 311 g/mol. The van der Waals surface area contributed by atoms with Crippen LogP contribution in [0.4, 0.5) is 4.39 Å². The zero-order valence-electron chi connectivity index (χ0n) is 13.5. The van der Waals surface area contributed by atoms with E-state index in [9.17, 15) is 4.39 Å². The van der Waals surface area contributed by atoms with E-state index in [-0.39, 0.29) is 17.8 Å². The Labute approximate surface area is 136 Å². The van der Waals surface area contributed by atoms with Gasteiger partial charge >= 0.3 is 0 Å². The Kier molecular flexibility index (Phi) is 3.77. The summed E-state index contributed by atoms with van der Waals surface area (Å²) >= 11 is 0. The Bertz CT molecular complexity index is 684. The van der Waals surface area contributed by atoms with Crippen LogP contribution >= 0.6 is 0 Å². The first kappa shape index (κ1) is 14.6. The number of hydrogen-bond acceptors (Lipinski definition) is 3. The summed E-state index contributed by atoms with van der Waals surface area (Å²) in [6.45, 7) is 4.03. The molecule has 3 nitrogen and oxygen atoms in total. The van der Waals surface area contributed by atoms with E-state index in [1.165, 1.54) is 11.1 Å². The van der Waals surface area contributed by atoms with Crippen LogP contribution in [0.15, 0.2) is 53.3 Å². The summed E-state index contributed by atoms with van der Waals surface area (Å²) in [5.74, 6) is 1.12. The van der Waals surface area contributed by atoms with Crippen molar-refractivity contribution in [2.45, 2.75) is 12.5 Å². The van der Waals surface area contributed by atoms with Gasteiger partial charge in [0.15, 0.2) is 0 Å². The molecule has 2 heterocycles. The van der Waals surface area contributed by atoms with Gasteiger partial charge in [0.25, 0.3) is 0 Å². The predicted octanol–water partition coefficient (Wildman–Crippen LogP) is 2.64. The van der Waals surface area contributed by atoms with Crippen LogP contribution in [0.3, 0.4) is 0 Å². The summed E-state index contributed by atoms with van der Waals surface area (Å²) in [4.78, 5) is 9.70. The summed E-state index contributed by atoms with van der Waals surface area (Å²) < 4.78 is 13.7. The van der Waals surface area contributed by atoms with Gasteiger partial charge in [0.05, 0.1) is 6.04 Å². The Morgan fingerprint density at radius 1 is 1.13 bits per heavy atom.